The molecule has 0 spiro atoms. The topological polar surface area (TPSA) is 115 Å². The Labute approximate surface area is 85.7 Å². The molecule has 0 unspecified atom stereocenters. The summed E-state index contributed by atoms with van der Waals surface area (Å²) < 4.78 is 13.1. The van der Waals surface area contributed by atoms with Crippen LogP contribution in [0, 0.1) is 5.82 Å². The van der Waals surface area contributed by atoms with Crippen molar-refractivity contribution in [3.63, 3.8) is 0 Å². The van der Waals surface area contributed by atoms with E-state index in [2.05, 4.69) is 15.5 Å². The highest BCUT2D eigenvalue weighted by molar-refractivity contribution is 5.83. The van der Waals surface area contributed by atoms with Gasteiger partial charge in [-0.25, -0.2) is 14.8 Å². The summed E-state index contributed by atoms with van der Waals surface area (Å²) in [5, 5.41) is 3.39. The Balaban J connectivity index is 2.79. The van der Waals surface area contributed by atoms with Gasteiger partial charge in [0.2, 0.25) is 11.9 Å². The summed E-state index contributed by atoms with van der Waals surface area (Å²) in [7, 11) is 0. The molecule has 0 radical (unpaired) electrons. The van der Waals surface area contributed by atoms with Crippen LogP contribution in [-0.4, -0.2) is 11.9 Å². The van der Waals surface area contributed by atoms with Crippen molar-refractivity contribution >= 4 is 17.6 Å². The third-order valence-electron chi connectivity index (χ3n) is 1.39. The van der Waals surface area contributed by atoms with Gasteiger partial charge in [0.15, 0.2) is 0 Å². The van der Waals surface area contributed by atoms with Crippen LogP contribution in [0.3, 0.4) is 0 Å². The first-order valence-electron chi connectivity index (χ1n) is 4.03. The monoisotopic (exact) mass is 210 g/mol. The number of nitrogens with zero attached hydrogens (tertiary/aromatic N) is 2. The van der Waals surface area contributed by atoms with E-state index in [1.807, 2.05) is 0 Å². The van der Waals surface area contributed by atoms with Crippen LogP contribution in [-0.2, 0) is 0 Å². The van der Waals surface area contributed by atoms with Crippen LogP contribution in [0.2, 0.25) is 0 Å². The number of hydrazone groups is 1. The molecule has 0 saturated carbocycles. The van der Waals surface area contributed by atoms with Crippen molar-refractivity contribution in [2.45, 2.75) is 0 Å². The van der Waals surface area contributed by atoms with Gasteiger partial charge in [0.05, 0.1) is 0 Å². The molecule has 15 heavy (non-hydrogen) atoms. The SMILES string of the molecule is NC(N)=NNC(N)=Nc1ccccc1F. The van der Waals surface area contributed by atoms with Gasteiger partial charge in [0, 0.05) is 0 Å². The van der Waals surface area contributed by atoms with Crippen molar-refractivity contribution in [2.75, 3.05) is 0 Å². The first-order chi connectivity index (χ1) is 7.09. The fourth-order valence-electron chi connectivity index (χ4n) is 0.819. The molecule has 0 aliphatic heterocycles. The quantitative estimate of drug-likeness (QED) is 0.300. The Morgan fingerprint density at radius 1 is 1.20 bits per heavy atom. The molecule has 0 heterocycles. The summed E-state index contributed by atoms with van der Waals surface area (Å²) >= 11 is 0. The van der Waals surface area contributed by atoms with Gasteiger partial charge in [0.1, 0.15) is 11.5 Å². The molecule has 0 amide bonds. The van der Waals surface area contributed by atoms with Crippen LogP contribution in [0.5, 0.6) is 0 Å². The largest absolute Gasteiger partial charge is 0.369 e. The smallest absolute Gasteiger partial charge is 0.214 e. The number of nitrogens with one attached hydrogen (secondary N) is 1. The number of benzene rings is 1. The summed E-state index contributed by atoms with van der Waals surface area (Å²) in [6, 6.07) is 5.93. The van der Waals surface area contributed by atoms with Crippen molar-refractivity contribution in [3.05, 3.63) is 30.1 Å². The third-order valence-corrected chi connectivity index (χ3v) is 1.39. The summed E-state index contributed by atoms with van der Waals surface area (Å²) in [6.07, 6.45) is 0. The molecule has 7 N–H and O–H groups in total. The maximum atomic E-state index is 13.1. The lowest BCUT2D eigenvalue weighted by atomic mass is 10.3. The molecule has 7 heteroatoms. The molecule has 0 fully saturated rings. The second-order valence-corrected chi connectivity index (χ2v) is 2.60. The van der Waals surface area contributed by atoms with Gasteiger partial charge < -0.3 is 17.2 Å². The van der Waals surface area contributed by atoms with Gasteiger partial charge >= 0.3 is 0 Å². The average Bonchev–Trinajstić information content (AvgIpc) is 2.18. The normalized spacial score (nSPS) is 10.9. The second kappa shape index (κ2) is 4.80. The molecule has 0 atom stereocenters. The number of para-hydroxylation sites is 1. The summed E-state index contributed by atoms with van der Waals surface area (Å²) in [5.74, 6) is -0.776. The van der Waals surface area contributed by atoms with E-state index in [-0.39, 0.29) is 17.6 Å². The lowest BCUT2D eigenvalue weighted by molar-refractivity contribution is 0.629. The van der Waals surface area contributed by atoms with Gasteiger partial charge in [-0.05, 0) is 12.1 Å². The Kier molecular flexibility index (Phi) is 3.44. The van der Waals surface area contributed by atoms with Crippen LogP contribution in [0.4, 0.5) is 10.1 Å². The van der Waals surface area contributed by atoms with E-state index in [1.54, 1.807) is 12.1 Å². The molecule has 1 aromatic carbocycles. The van der Waals surface area contributed by atoms with Crippen LogP contribution >= 0.6 is 0 Å². The maximum absolute atomic E-state index is 13.1. The number of halogens is 1. The number of hydrogen-bond acceptors (Lipinski definition) is 2. The third kappa shape index (κ3) is 3.51. The minimum Gasteiger partial charge on any atom is -0.369 e. The zero-order valence-corrected chi connectivity index (χ0v) is 7.81. The van der Waals surface area contributed by atoms with E-state index in [1.165, 1.54) is 12.1 Å². The minimum atomic E-state index is -0.480. The molecule has 80 valence electrons. The number of guanidine groups is 2. The van der Waals surface area contributed by atoms with Crippen molar-refractivity contribution in [1.82, 2.24) is 5.43 Å². The van der Waals surface area contributed by atoms with E-state index in [9.17, 15) is 4.39 Å². The minimum absolute atomic E-state index is 0.103. The lowest BCUT2D eigenvalue weighted by Crippen LogP contribution is -2.32. The molecular formula is C8H11FN6. The maximum Gasteiger partial charge on any atom is 0.214 e. The van der Waals surface area contributed by atoms with E-state index in [0.29, 0.717) is 0 Å². The van der Waals surface area contributed by atoms with E-state index >= 15 is 0 Å². The van der Waals surface area contributed by atoms with E-state index in [4.69, 9.17) is 17.2 Å². The predicted octanol–water partition coefficient (Wildman–Crippen LogP) is -0.450. The van der Waals surface area contributed by atoms with E-state index in [0.717, 1.165) is 0 Å². The molecule has 0 aromatic heterocycles. The first-order valence-corrected chi connectivity index (χ1v) is 4.03. The number of nitrogens with two attached hydrogens (primary N) is 3. The van der Waals surface area contributed by atoms with Gasteiger partial charge in [-0.15, -0.1) is 5.10 Å². The number of aliphatic imine (C=N–C) groups is 1. The molecule has 0 saturated heterocycles. The standard InChI is InChI=1S/C8H11FN6/c9-5-3-1-2-4-6(5)13-8(12)15-14-7(10)11/h1-4H,(H4,10,11,14)(H3,12,13,15). The van der Waals surface area contributed by atoms with Crippen LogP contribution in [0.1, 0.15) is 0 Å². The van der Waals surface area contributed by atoms with Crippen molar-refractivity contribution in [3.8, 4) is 0 Å². The lowest BCUT2D eigenvalue weighted by Gasteiger charge is -2.00. The van der Waals surface area contributed by atoms with Crippen LogP contribution < -0.4 is 22.6 Å². The Morgan fingerprint density at radius 3 is 2.47 bits per heavy atom. The van der Waals surface area contributed by atoms with E-state index < -0.39 is 5.82 Å². The van der Waals surface area contributed by atoms with Gasteiger partial charge in [0.25, 0.3) is 0 Å². The molecule has 1 rings (SSSR count). The van der Waals surface area contributed by atoms with Crippen molar-refractivity contribution in [2.24, 2.45) is 27.3 Å². The van der Waals surface area contributed by atoms with Gasteiger partial charge in [-0.2, -0.15) is 0 Å². The molecule has 1 aromatic rings. The van der Waals surface area contributed by atoms with Gasteiger partial charge in [-0.1, -0.05) is 12.1 Å². The zero-order valence-electron chi connectivity index (χ0n) is 7.81. The highest BCUT2D eigenvalue weighted by Crippen LogP contribution is 2.15. The molecular weight excluding hydrogens is 199 g/mol. The first kappa shape index (κ1) is 10.8. The molecule has 0 bridgehead atoms. The van der Waals surface area contributed by atoms with Gasteiger partial charge in [-0.3, -0.25) is 0 Å². The molecule has 0 aliphatic carbocycles. The summed E-state index contributed by atoms with van der Waals surface area (Å²) in [5.41, 5.74) is 17.8. The molecule has 0 aliphatic rings. The Morgan fingerprint density at radius 2 is 1.87 bits per heavy atom. The average molecular weight is 210 g/mol. The number of rotatable bonds is 2. The fourth-order valence-corrected chi connectivity index (χ4v) is 0.819. The number of hydrogen-bond donors (Lipinski definition) is 4. The predicted molar refractivity (Wildman–Crippen MR) is 56.6 cm³/mol. The van der Waals surface area contributed by atoms with Crippen LogP contribution in [0.25, 0.3) is 0 Å². The zero-order chi connectivity index (χ0) is 11.3. The van der Waals surface area contributed by atoms with Crippen LogP contribution in [0.15, 0.2) is 34.4 Å². The Bertz CT molecular complexity index is 396. The second-order valence-electron chi connectivity index (χ2n) is 2.60. The highest BCUT2D eigenvalue weighted by Gasteiger charge is 1.98. The molecule has 6 nitrogen and oxygen atoms in total. The fraction of sp³-hybridized carbons (Fsp3) is 0. The van der Waals surface area contributed by atoms with Crippen molar-refractivity contribution in [1.29, 1.82) is 0 Å². The van der Waals surface area contributed by atoms with Crippen molar-refractivity contribution < 1.29 is 4.39 Å². The highest BCUT2D eigenvalue weighted by atomic mass is 19.1. The summed E-state index contributed by atoms with van der Waals surface area (Å²) in [4.78, 5) is 3.72. The Hall–Kier alpha value is -2.31. The summed E-state index contributed by atoms with van der Waals surface area (Å²) in [6.45, 7) is 0.